The lowest BCUT2D eigenvalue weighted by molar-refractivity contribution is -0.157. The molecule has 6 nitrogen and oxygen atoms in total. The van der Waals surface area contributed by atoms with E-state index in [9.17, 15) is 9.59 Å². The summed E-state index contributed by atoms with van der Waals surface area (Å²) in [6.07, 6.45) is -0.504. The van der Waals surface area contributed by atoms with Crippen molar-refractivity contribution < 1.29 is 23.8 Å². The highest BCUT2D eigenvalue weighted by Crippen LogP contribution is 2.44. The van der Waals surface area contributed by atoms with Crippen LogP contribution in [-0.4, -0.2) is 37.4 Å². The van der Waals surface area contributed by atoms with Crippen LogP contribution in [0.2, 0.25) is 5.02 Å². The summed E-state index contributed by atoms with van der Waals surface area (Å²) >= 11 is 6.26. The van der Waals surface area contributed by atoms with Crippen LogP contribution in [0.3, 0.4) is 0 Å². The van der Waals surface area contributed by atoms with Gasteiger partial charge in [0.2, 0.25) is 0 Å². The van der Waals surface area contributed by atoms with Gasteiger partial charge in [-0.15, -0.1) is 0 Å². The molecular formula is C29H30ClNO5. The van der Waals surface area contributed by atoms with Crippen LogP contribution in [0.25, 0.3) is 11.1 Å². The molecule has 36 heavy (non-hydrogen) atoms. The quantitative estimate of drug-likeness (QED) is 0.389. The maximum atomic E-state index is 12.9. The van der Waals surface area contributed by atoms with Crippen molar-refractivity contribution in [1.82, 2.24) is 5.32 Å². The Hall–Kier alpha value is -3.51. The highest BCUT2D eigenvalue weighted by Gasteiger charge is 2.31. The first-order valence-corrected chi connectivity index (χ1v) is 12.2. The second kappa shape index (κ2) is 10.6. The van der Waals surface area contributed by atoms with Crippen molar-refractivity contribution in [2.75, 3.05) is 13.7 Å². The standard InChI is InChI=1S/C29H30ClNO5/c1-29(2,3)36-27(32)25(16-18-13-14-26(34-4)24(30)15-18)31-28(33)35-17-23-21-11-7-5-9-19(21)20-10-6-8-12-22(20)23/h5-15,23,25H,16-17H2,1-4H3,(H,31,33)/t25-/m1/s1. The number of methoxy groups -OCH3 is 1. The molecule has 1 aliphatic rings. The van der Waals surface area contributed by atoms with Gasteiger partial charge in [0.1, 0.15) is 24.0 Å². The van der Waals surface area contributed by atoms with Gasteiger partial charge in [-0.05, 0) is 60.7 Å². The van der Waals surface area contributed by atoms with Gasteiger partial charge in [-0.2, -0.15) is 0 Å². The number of benzene rings is 3. The van der Waals surface area contributed by atoms with E-state index in [2.05, 4.69) is 29.6 Å². The molecule has 0 fully saturated rings. The lowest BCUT2D eigenvalue weighted by Crippen LogP contribution is -2.46. The van der Waals surface area contributed by atoms with E-state index in [0.717, 1.165) is 27.8 Å². The Kier molecular flexibility index (Phi) is 7.55. The van der Waals surface area contributed by atoms with E-state index in [0.29, 0.717) is 10.8 Å². The smallest absolute Gasteiger partial charge is 0.407 e. The van der Waals surface area contributed by atoms with Crippen LogP contribution in [-0.2, 0) is 20.7 Å². The van der Waals surface area contributed by atoms with Crippen molar-refractivity contribution in [3.63, 3.8) is 0 Å². The Morgan fingerprint density at radius 3 is 2.14 bits per heavy atom. The van der Waals surface area contributed by atoms with Crippen molar-refractivity contribution in [3.05, 3.63) is 88.4 Å². The minimum Gasteiger partial charge on any atom is -0.495 e. The highest BCUT2D eigenvalue weighted by molar-refractivity contribution is 6.32. The summed E-state index contributed by atoms with van der Waals surface area (Å²) in [6, 6.07) is 20.5. The third-order valence-electron chi connectivity index (χ3n) is 5.98. The summed E-state index contributed by atoms with van der Waals surface area (Å²) in [5.41, 5.74) is 4.55. The zero-order valence-electron chi connectivity index (χ0n) is 20.8. The molecule has 0 aliphatic heterocycles. The van der Waals surface area contributed by atoms with Crippen LogP contribution in [0.4, 0.5) is 4.79 Å². The molecule has 3 aromatic rings. The molecule has 0 saturated carbocycles. The Labute approximate surface area is 216 Å². The van der Waals surface area contributed by atoms with Crippen molar-refractivity contribution in [2.45, 2.75) is 44.8 Å². The maximum absolute atomic E-state index is 12.9. The molecule has 1 atom stereocenters. The number of esters is 1. The van der Waals surface area contributed by atoms with Gasteiger partial charge in [0.15, 0.2) is 0 Å². The molecule has 7 heteroatoms. The molecule has 0 heterocycles. The Balaban J connectivity index is 1.48. The van der Waals surface area contributed by atoms with Crippen LogP contribution in [0.1, 0.15) is 43.4 Å². The molecule has 0 radical (unpaired) electrons. The van der Waals surface area contributed by atoms with E-state index in [1.165, 1.54) is 7.11 Å². The van der Waals surface area contributed by atoms with Gasteiger partial charge >= 0.3 is 12.1 Å². The molecule has 188 valence electrons. The zero-order valence-corrected chi connectivity index (χ0v) is 21.6. The number of halogens is 1. The zero-order chi connectivity index (χ0) is 25.9. The minimum atomic E-state index is -0.954. The van der Waals surface area contributed by atoms with Gasteiger partial charge in [-0.1, -0.05) is 66.2 Å². The summed E-state index contributed by atoms with van der Waals surface area (Å²) < 4.78 is 16.4. The van der Waals surface area contributed by atoms with Crippen LogP contribution < -0.4 is 10.1 Å². The molecule has 0 spiro atoms. The van der Waals surface area contributed by atoms with Gasteiger partial charge in [-0.25, -0.2) is 9.59 Å². The minimum absolute atomic E-state index is 0.0801. The van der Waals surface area contributed by atoms with Crippen LogP contribution >= 0.6 is 11.6 Å². The average Bonchev–Trinajstić information content (AvgIpc) is 3.15. The van der Waals surface area contributed by atoms with Gasteiger partial charge in [-0.3, -0.25) is 0 Å². The first kappa shape index (κ1) is 25.6. The lowest BCUT2D eigenvalue weighted by atomic mass is 9.98. The third-order valence-corrected chi connectivity index (χ3v) is 6.28. The molecule has 1 aliphatic carbocycles. The average molecular weight is 508 g/mol. The van der Waals surface area contributed by atoms with Crippen molar-refractivity contribution in [2.24, 2.45) is 0 Å². The fraction of sp³-hybridized carbons (Fsp3) is 0.310. The molecule has 0 bridgehead atoms. The lowest BCUT2D eigenvalue weighted by Gasteiger charge is -2.25. The number of ether oxygens (including phenoxy) is 3. The van der Waals surface area contributed by atoms with E-state index in [1.807, 2.05) is 24.3 Å². The summed E-state index contributed by atoms with van der Waals surface area (Å²) in [5.74, 6) is -0.106. The third kappa shape index (κ3) is 5.82. The Bertz CT molecular complexity index is 1220. The van der Waals surface area contributed by atoms with E-state index in [4.69, 9.17) is 25.8 Å². The number of nitrogens with one attached hydrogen (secondary N) is 1. The number of amides is 1. The SMILES string of the molecule is COc1ccc(C[C@@H](NC(=O)OCC2c3ccccc3-c3ccccc32)C(=O)OC(C)(C)C)cc1Cl. The monoisotopic (exact) mass is 507 g/mol. The van der Waals surface area contributed by atoms with E-state index in [-0.39, 0.29) is 18.9 Å². The number of hydrogen-bond acceptors (Lipinski definition) is 5. The van der Waals surface area contributed by atoms with Crippen molar-refractivity contribution in [3.8, 4) is 16.9 Å². The second-order valence-corrected chi connectivity index (χ2v) is 10.1. The molecular weight excluding hydrogens is 478 g/mol. The summed E-state index contributed by atoms with van der Waals surface area (Å²) in [4.78, 5) is 25.8. The first-order valence-electron chi connectivity index (χ1n) is 11.8. The largest absolute Gasteiger partial charge is 0.495 e. The fourth-order valence-electron chi connectivity index (χ4n) is 4.42. The summed E-state index contributed by atoms with van der Waals surface area (Å²) in [5, 5.41) is 3.11. The molecule has 0 saturated heterocycles. The molecule has 0 aromatic heterocycles. The number of carbonyl (C=O) groups is 2. The van der Waals surface area contributed by atoms with E-state index >= 15 is 0 Å². The second-order valence-electron chi connectivity index (χ2n) is 9.73. The van der Waals surface area contributed by atoms with Crippen LogP contribution in [0, 0.1) is 0 Å². The Morgan fingerprint density at radius 2 is 1.58 bits per heavy atom. The first-order chi connectivity index (χ1) is 17.2. The number of fused-ring (bicyclic) bond motifs is 3. The van der Waals surface area contributed by atoms with Gasteiger partial charge < -0.3 is 19.5 Å². The van der Waals surface area contributed by atoms with E-state index < -0.39 is 23.7 Å². The summed E-state index contributed by atoms with van der Waals surface area (Å²) in [7, 11) is 1.53. The predicted molar refractivity (Wildman–Crippen MR) is 140 cm³/mol. The predicted octanol–water partition coefficient (Wildman–Crippen LogP) is 6.14. The van der Waals surface area contributed by atoms with Crippen LogP contribution in [0.5, 0.6) is 5.75 Å². The summed E-state index contributed by atoms with van der Waals surface area (Å²) in [6.45, 7) is 5.48. The fourth-order valence-corrected chi connectivity index (χ4v) is 4.70. The Morgan fingerprint density at radius 1 is 0.972 bits per heavy atom. The van der Waals surface area contributed by atoms with Crippen molar-refractivity contribution in [1.29, 1.82) is 0 Å². The number of alkyl carbamates (subject to hydrolysis) is 1. The van der Waals surface area contributed by atoms with Gasteiger partial charge in [0.05, 0.1) is 12.1 Å². The normalized spacial score (nSPS) is 13.4. The van der Waals surface area contributed by atoms with E-state index in [1.54, 1.807) is 39.0 Å². The number of carbonyl (C=O) groups excluding carboxylic acids is 2. The number of rotatable bonds is 7. The van der Waals surface area contributed by atoms with Crippen LogP contribution in [0.15, 0.2) is 66.7 Å². The molecule has 1 N–H and O–H groups in total. The topological polar surface area (TPSA) is 73.9 Å². The highest BCUT2D eigenvalue weighted by atomic mass is 35.5. The molecule has 3 aromatic carbocycles. The molecule has 1 amide bonds. The number of hydrogen-bond donors (Lipinski definition) is 1. The molecule has 4 rings (SSSR count). The van der Waals surface area contributed by atoms with Crippen molar-refractivity contribution >= 4 is 23.7 Å². The van der Waals surface area contributed by atoms with Gasteiger partial charge in [0, 0.05) is 12.3 Å². The van der Waals surface area contributed by atoms with Gasteiger partial charge in [0.25, 0.3) is 0 Å². The molecule has 0 unspecified atom stereocenters. The maximum Gasteiger partial charge on any atom is 0.407 e.